The maximum Gasteiger partial charge on any atom is 0.336 e. The van der Waals surface area contributed by atoms with Crippen molar-refractivity contribution >= 4 is 22.8 Å². The summed E-state index contributed by atoms with van der Waals surface area (Å²) in [5, 5.41) is 0.748. The molecule has 1 aliphatic heterocycles. The molecule has 2 aromatic carbocycles. The first-order valence-corrected chi connectivity index (χ1v) is 10.4. The summed E-state index contributed by atoms with van der Waals surface area (Å²) >= 11 is 0. The fraction of sp³-hybridized carbons (Fsp3) is 0.320. The van der Waals surface area contributed by atoms with Gasteiger partial charge in [0.2, 0.25) is 5.91 Å². The van der Waals surface area contributed by atoms with Gasteiger partial charge in [-0.25, -0.2) is 4.79 Å². The van der Waals surface area contributed by atoms with E-state index in [0.717, 1.165) is 22.1 Å². The van der Waals surface area contributed by atoms with E-state index in [0.29, 0.717) is 17.7 Å². The smallest absolute Gasteiger partial charge is 0.336 e. The van der Waals surface area contributed by atoms with Gasteiger partial charge >= 0.3 is 11.6 Å². The highest BCUT2D eigenvalue weighted by atomic mass is 16.5. The Balaban J connectivity index is 1.47. The van der Waals surface area contributed by atoms with Crippen molar-refractivity contribution in [3.63, 3.8) is 0 Å². The number of ether oxygens (including phenoxy) is 1. The van der Waals surface area contributed by atoms with Crippen LogP contribution in [-0.2, 0) is 20.9 Å². The van der Waals surface area contributed by atoms with Crippen LogP contribution in [0.1, 0.15) is 41.6 Å². The molecule has 1 aliphatic rings. The second-order valence-corrected chi connectivity index (χ2v) is 8.12. The minimum Gasteiger partial charge on any atom is -0.461 e. The first kappa shape index (κ1) is 20.8. The Morgan fingerprint density at radius 3 is 2.65 bits per heavy atom. The number of esters is 1. The zero-order valence-electron chi connectivity index (χ0n) is 17.9. The number of hydrogen-bond donors (Lipinski definition) is 0. The molecule has 31 heavy (non-hydrogen) atoms. The van der Waals surface area contributed by atoms with Crippen LogP contribution in [0.4, 0.5) is 0 Å². The Kier molecular flexibility index (Phi) is 5.63. The van der Waals surface area contributed by atoms with Gasteiger partial charge in [-0.05, 0) is 37.5 Å². The largest absolute Gasteiger partial charge is 0.461 e. The fourth-order valence-electron chi connectivity index (χ4n) is 4.09. The second-order valence-electron chi connectivity index (χ2n) is 8.12. The summed E-state index contributed by atoms with van der Waals surface area (Å²) in [5.74, 6) is -1.01. The molecular weight excluding hydrogens is 394 g/mol. The van der Waals surface area contributed by atoms with E-state index in [1.165, 1.54) is 6.07 Å². The quantitative estimate of drug-likeness (QED) is 0.460. The molecule has 1 saturated heterocycles. The lowest BCUT2D eigenvalue weighted by atomic mass is 10.0. The summed E-state index contributed by atoms with van der Waals surface area (Å²) in [4.78, 5) is 39.0. The summed E-state index contributed by atoms with van der Waals surface area (Å²) in [5.41, 5.74) is 3.56. The number of carbonyl (C=O) groups excluding carboxylic acids is 2. The van der Waals surface area contributed by atoms with Crippen molar-refractivity contribution in [2.75, 3.05) is 6.54 Å². The molecule has 0 spiro atoms. The van der Waals surface area contributed by atoms with E-state index in [1.54, 1.807) is 4.90 Å². The lowest BCUT2D eigenvalue weighted by molar-refractivity contribution is -0.149. The molecule has 2 atom stereocenters. The van der Waals surface area contributed by atoms with Gasteiger partial charge in [-0.1, -0.05) is 42.5 Å². The predicted octanol–water partition coefficient (Wildman–Crippen LogP) is 4.06. The Morgan fingerprint density at radius 2 is 1.90 bits per heavy atom. The molecule has 0 radical (unpaired) electrons. The minimum absolute atomic E-state index is 0.0393. The van der Waals surface area contributed by atoms with Crippen LogP contribution in [0, 0.1) is 19.8 Å². The summed E-state index contributed by atoms with van der Waals surface area (Å²) in [6, 6.07) is 14.8. The lowest BCUT2D eigenvalue weighted by Crippen LogP contribution is -2.29. The third-order valence-electron chi connectivity index (χ3n) is 6.13. The summed E-state index contributed by atoms with van der Waals surface area (Å²) in [7, 11) is 0. The highest BCUT2D eigenvalue weighted by Crippen LogP contribution is 2.29. The molecule has 0 N–H and O–H groups in total. The number of fused-ring (bicyclic) bond motifs is 1. The molecule has 6 nitrogen and oxygen atoms in total. The van der Waals surface area contributed by atoms with E-state index in [1.807, 2.05) is 63.2 Å². The monoisotopic (exact) mass is 419 g/mol. The van der Waals surface area contributed by atoms with Gasteiger partial charge in [0, 0.05) is 30.0 Å². The highest BCUT2D eigenvalue weighted by Gasteiger charge is 2.38. The van der Waals surface area contributed by atoms with Gasteiger partial charge in [0.15, 0.2) is 0 Å². The Labute approximate surface area is 180 Å². The van der Waals surface area contributed by atoms with Crippen LogP contribution in [-0.4, -0.2) is 23.3 Å². The minimum atomic E-state index is -0.519. The van der Waals surface area contributed by atoms with Crippen LogP contribution in [0.3, 0.4) is 0 Å². The topological polar surface area (TPSA) is 76.8 Å². The zero-order valence-corrected chi connectivity index (χ0v) is 17.9. The van der Waals surface area contributed by atoms with Gasteiger partial charge in [-0.15, -0.1) is 0 Å². The fourth-order valence-corrected chi connectivity index (χ4v) is 4.09. The average molecular weight is 419 g/mol. The third kappa shape index (κ3) is 4.10. The van der Waals surface area contributed by atoms with E-state index >= 15 is 0 Å². The van der Waals surface area contributed by atoms with E-state index in [9.17, 15) is 14.4 Å². The van der Waals surface area contributed by atoms with Gasteiger partial charge < -0.3 is 14.1 Å². The number of nitrogens with zero attached hydrogens (tertiary/aromatic N) is 1. The molecule has 1 aromatic heterocycles. The molecule has 0 aliphatic carbocycles. The molecule has 6 heteroatoms. The SMILES string of the molecule is Cc1ccc2c(COC(=O)[C@@H]3CC(=O)N([C@@H](C)c4ccccc4)C3)cc(=O)oc2c1C. The van der Waals surface area contributed by atoms with Gasteiger partial charge in [-0.2, -0.15) is 0 Å². The molecule has 0 unspecified atom stereocenters. The number of aryl methyl sites for hydroxylation is 2. The third-order valence-corrected chi connectivity index (χ3v) is 6.13. The summed E-state index contributed by atoms with van der Waals surface area (Å²) in [6.07, 6.45) is 0.131. The molecule has 2 heterocycles. The lowest BCUT2D eigenvalue weighted by Gasteiger charge is -2.25. The number of benzene rings is 2. The first-order valence-electron chi connectivity index (χ1n) is 10.4. The van der Waals surface area contributed by atoms with Crippen LogP contribution < -0.4 is 5.63 Å². The van der Waals surface area contributed by atoms with Gasteiger partial charge in [0.1, 0.15) is 12.2 Å². The predicted molar refractivity (Wildman–Crippen MR) is 116 cm³/mol. The van der Waals surface area contributed by atoms with Crippen LogP contribution in [0.15, 0.2) is 57.7 Å². The van der Waals surface area contributed by atoms with Crippen molar-refractivity contribution < 1.29 is 18.7 Å². The van der Waals surface area contributed by atoms with Crippen molar-refractivity contribution in [3.8, 4) is 0 Å². The molecule has 1 amide bonds. The van der Waals surface area contributed by atoms with E-state index < -0.39 is 17.5 Å². The van der Waals surface area contributed by atoms with Gasteiger partial charge in [0.25, 0.3) is 0 Å². The number of carbonyl (C=O) groups is 2. The van der Waals surface area contributed by atoms with Crippen molar-refractivity contribution in [2.24, 2.45) is 5.92 Å². The highest BCUT2D eigenvalue weighted by molar-refractivity contribution is 5.87. The van der Waals surface area contributed by atoms with Gasteiger partial charge in [-0.3, -0.25) is 9.59 Å². The second kappa shape index (κ2) is 8.38. The number of amides is 1. The average Bonchev–Trinajstić information content (AvgIpc) is 3.16. The Hall–Kier alpha value is -3.41. The zero-order chi connectivity index (χ0) is 22.1. The van der Waals surface area contributed by atoms with Crippen LogP contribution in [0.25, 0.3) is 11.0 Å². The Morgan fingerprint density at radius 1 is 1.16 bits per heavy atom. The number of rotatable bonds is 5. The molecule has 3 aromatic rings. The maximum absolute atomic E-state index is 12.7. The van der Waals surface area contributed by atoms with Crippen LogP contribution >= 0.6 is 0 Å². The Bertz CT molecular complexity index is 1200. The summed E-state index contributed by atoms with van der Waals surface area (Å²) < 4.78 is 10.9. The molecule has 0 bridgehead atoms. The summed E-state index contributed by atoms with van der Waals surface area (Å²) in [6.45, 7) is 6.08. The van der Waals surface area contributed by atoms with E-state index in [-0.39, 0.29) is 25.0 Å². The standard InChI is InChI=1S/C25H25NO5/c1-15-9-10-21-20(12-23(28)31-24(21)16(15)2)14-30-25(29)19-11-22(27)26(13-19)17(3)18-7-5-4-6-8-18/h4-10,12,17,19H,11,13-14H2,1-3H3/t17-,19+/m0/s1. The molecule has 1 fully saturated rings. The van der Waals surface area contributed by atoms with Crippen molar-refractivity contribution in [1.82, 2.24) is 4.90 Å². The maximum atomic E-state index is 12.7. The number of hydrogen-bond acceptors (Lipinski definition) is 5. The van der Waals surface area contributed by atoms with Gasteiger partial charge in [0.05, 0.1) is 12.0 Å². The molecular formula is C25H25NO5. The van der Waals surface area contributed by atoms with Crippen molar-refractivity contribution in [2.45, 2.75) is 39.8 Å². The normalized spacial score (nSPS) is 17.2. The van der Waals surface area contributed by atoms with Crippen molar-refractivity contribution in [1.29, 1.82) is 0 Å². The van der Waals surface area contributed by atoms with Crippen LogP contribution in [0.2, 0.25) is 0 Å². The molecule has 160 valence electrons. The van der Waals surface area contributed by atoms with Crippen LogP contribution in [0.5, 0.6) is 0 Å². The number of likely N-dealkylation sites (tertiary alicyclic amines) is 1. The van der Waals surface area contributed by atoms with Crippen molar-refractivity contribution in [3.05, 3.63) is 81.2 Å². The van der Waals surface area contributed by atoms with E-state index in [2.05, 4.69) is 0 Å². The molecule has 0 saturated carbocycles. The molecule has 4 rings (SSSR count). The van der Waals surface area contributed by atoms with E-state index in [4.69, 9.17) is 9.15 Å². The first-order chi connectivity index (χ1) is 14.8.